The molecule has 1 unspecified atom stereocenters. The molecule has 0 spiro atoms. The van der Waals surface area contributed by atoms with Crippen molar-refractivity contribution in [3.8, 4) is 0 Å². The number of alkyl halides is 1. The van der Waals surface area contributed by atoms with E-state index in [4.69, 9.17) is 0 Å². The van der Waals surface area contributed by atoms with E-state index in [-0.39, 0.29) is 0 Å². The first kappa shape index (κ1) is 80.0. The van der Waals surface area contributed by atoms with Gasteiger partial charge in [0.1, 0.15) is 23.6 Å². The van der Waals surface area contributed by atoms with E-state index in [0.29, 0.717) is 47.1 Å². The number of anilines is 3. The molecule has 14 rings (SSSR count). The van der Waals surface area contributed by atoms with Crippen LogP contribution >= 0.6 is 0 Å². The molecule has 552 valence electrons. The van der Waals surface area contributed by atoms with E-state index in [2.05, 4.69) is 282 Å². The van der Waals surface area contributed by atoms with E-state index >= 15 is 0 Å². The largest absolute Gasteiger partial charge is 0.360 e. The van der Waals surface area contributed by atoms with Crippen molar-refractivity contribution in [1.82, 2.24) is 68.4 Å². The van der Waals surface area contributed by atoms with Gasteiger partial charge in [-0.3, -0.25) is 4.98 Å². The van der Waals surface area contributed by atoms with E-state index in [9.17, 15) is 4.39 Å². The molecular formula is C86H116FN17. The molecule has 13 aromatic rings. The zero-order valence-corrected chi connectivity index (χ0v) is 66.5. The van der Waals surface area contributed by atoms with Crippen LogP contribution in [0.15, 0.2) is 153 Å². The zero-order chi connectivity index (χ0) is 75.6. The summed E-state index contributed by atoms with van der Waals surface area (Å²) in [5, 5.41) is 21.4. The number of fused-ring (bicyclic) bond motifs is 6. The van der Waals surface area contributed by atoms with Crippen LogP contribution in [0.4, 0.5) is 21.8 Å². The van der Waals surface area contributed by atoms with Crippen molar-refractivity contribution < 1.29 is 4.39 Å². The molecule has 0 aliphatic carbocycles. The molecule has 1 aliphatic rings. The number of nitrogens with zero attached hydrogens (tertiary/aromatic N) is 17. The van der Waals surface area contributed by atoms with E-state index in [1.54, 1.807) is 16.8 Å². The highest BCUT2D eigenvalue weighted by atomic mass is 19.1. The first-order chi connectivity index (χ1) is 49.6. The number of pyridine rings is 2. The third-order valence-corrected chi connectivity index (χ3v) is 19.0. The molecular weight excluding hydrogens is 1290 g/mol. The molecule has 104 heavy (non-hydrogen) atoms. The third-order valence-electron chi connectivity index (χ3n) is 19.0. The SMILES string of the molecule is CC(C)c1cccc2ccccc12.CC(C)c1cccc2cccnc12.CC(C)c1ccnc(N2CCCCC2)c1.CCN(C)c1cc(C)nc2c(C(C)C)cnn12.CCN(C)c1ccnc2c(C(C)C)cnn12.Cc1cc(C(C)F)n2ncc(C(C)C)c2n1.Cc1cc(C)n2ncc(C(C)C)c2n1. The second-order valence-electron chi connectivity index (χ2n) is 29.5. The summed E-state index contributed by atoms with van der Waals surface area (Å²) in [4.78, 5) is 33.6. The van der Waals surface area contributed by atoms with Gasteiger partial charge >= 0.3 is 0 Å². The van der Waals surface area contributed by atoms with Gasteiger partial charge in [0.05, 0.1) is 36.0 Å². The van der Waals surface area contributed by atoms with Gasteiger partial charge in [-0.05, 0) is 173 Å². The Morgan fingerprint density at radius 1 is 0.404 bits per heavy atom. The van der Waals surface area contributed by atoms with Crippen molar-refractivity contribution in [2.24, 2.45) is 0 Å². The predicted molar refractivity (Wildman–Crippen MR) is 433 cm³/mol. The maximum Gasteiger partial charge on any atom is 0.161 e. The normalized spacial score (nSPS) is 12.5. The van der Waals surface area contributed by atoms with Crippen molar-refractivity contribution >= 4 is 61.7 Å². The minimum absolute atomic E-state index is 0.342. The van der Waals surface area contributed by atoms with Crippen LogP contribution < -0.4 is 14.7 Å². The quantitative estimate of drug-likeness (QED) is 0.108. The Bertz CT molecular complexity index is 4760. The van der Waals surface area contributed by atoms with Gasteiger partial charge < -0.3 is 14.7 Å². The van der Waals surface area contributed by atoms with Gasteiger partial charge in [-0.1, -0.05) is 164 Å². The number of para-hydroxylation sites is 1. The molecule has 1 saturated heterocycles. The Morgan fingerprint density at radius 2 is 0.865 bits per heavy atom. The number of rotatable bonds is 13. The molecule has 0 amide bonds. The summed E-state index contributed by atoms with van der Waals surface area (Å²) < 4.78 is 20.8. The van der Waals surface area contributed by atoms with Crippen molar-refractivity contribution in [3.63, 3.8) is 0 Å². The first-order valence-electron chi connectivity index (χ1n) is 37.6. The minimum Gasteiger partial charge on any atom is -0.360 e. The van der Waals surface area contributed by atoms with Gasteiger partial charge in [0.15, 0.2) is 22.6 Å². The number of halogens is 1. The third kappa shape index (κ3) is 20.0. The molecule has 10 aromatic heterocycles. The Hall–Kier alpha value is -9.71. The fourth-order valence-corrected chi connectivity index (χ4v) is 12.6. The maximum absolute atomic E-state index is 13.5. The van der Waals surface area contributed by atoms with Crippen LogP contribution in [0.25, 0.3) is 44.3 Å². The average molecular weight is 1410 g/mol. The number of aromatic nitrogens is 14. The second kappa shape index (κ2) is 37.1. The molecule has 0 saturated carbocycles. The molecule has 0 N–H and O–H groups in total. The molecule has 0 bridgehead atoms. The molecule has 1 atom stereocenters. The van der Waals surface area contributed by atoms with Crippen LogP contribution in [0, 0.1) is 27.7 Å². The summed E-state index contributed by atoms with van der Waals surface area (Å²) in [6.45, 7) is 48.5. The molecule has 1 aliphatic heterocycles. The molecule has 17 nitrogen and oxygen atoms in total. The smallest absolute Gasteiger partial charge is 0.161 e. The number of hydrogen-bond acceptors (Lipinski definition) is 13. The fraction of sp³-hybridized carbons (Fsp3) is 0.442. The van der Waals surface area contributed by atoms with Gasteiger partial charge in [-0.25, -0.2) is 38.3 Å². The summed E-state index contributed by atoms with van der Waals surface area (Å²) in [6, 6.07) is 37.8. The van der Waals surface area contributed by atoms with Gasteiger partial charge in [-0.2, -0.15) is 29.4 Å². The first-order valence-corrected chi connectivity index (χ1v) is 37.6. The molecule has 0 radical (unpaired) electrons. The number of piperidine rings is 1. The average Bonchev–Trinajstić information content (AvgIpc) is 1.65. The van der Waals surface area contributed by atoms with Crippen LogP contribution in [-0.2, 0) is 0 Å². The molecule has 18 heteroatoms. The highest BCUT2D eigenvalue weighted by Crippen LogP contribution is 2.30. The molecule has 1 fully saturated rings. The van der Waals surface area contributed by atoms with Crippen LogP contribution in [0.1, 0.15) is 252 Å². The van der Waals surface area contributed by atoms with Gasteiger partial charge in [-0.15, -0.1) is 0 Å². The summed E-state index contributed by atoms with van der Waals surface area (Å²) in [5.41, 5.74) is 18.3. The van der Waals surface area contributed by atoms with Gasteiger partial charge in [0.25, 0.3) is 0 Å². The predicted octanol–water partition coefficient (Wildman–Crippen LogP) is 21.1. The minimum atomic E-state index is -1.04. The van der Waals surface area contributed by atoms with Crippen LogP contribution in [0.5, 0.6) is 0 Å². The Labute approximate surface area is 618 Å². The number of hydrogen-bond donors (Lipinski definition) is 0. The zero-order valence-electron chi connectivity index (χ0n) is 66.5. The lowest BCUT2D eigenvalue weighted by molar-refractivity contribution is 0.359. The summed E-state index contributed by atoms with van der Waals surface area (Å²) in [7, 11) is 4.14. The topological polar surface area (TPSA) is 156 Å². The van der Waals surface area contributed by atoms with Crippen molar-refractivity contribution in [2.75, 3.05) is 55.0 Å². The fourth-order valence-electron chi connectivity index (χ4n) is 12.6. The number of aryl methyl sites for hydroxylation is 4. The monoisotopic (exact) mass is 1410 g/mol. The lowest BCUT2D eigenvalue weighted by Crippen LogP contribution is -2.30. The van der Waals surface area contributed by atoms with Crippen molar-refractivity contribution in [3.05, 3.63) is 220 Å². The Morgan fingerprint density at radius 3 is 1.43 bits per heavy atom. The molecule has 3 aromatic carbocycles. The lowest BCUT2D eigenvalue weighted by atomic mass is 9.96. The second-order valence-corrected chi connectivity index (χ2v) is 29.5. The van der Waals surface area contributed by atoms with Crippen LogP contribution in [-0.4, -0.2) is 109 Å². The van der Waals surface area contributed by atoms with Crippen LogP contribution in [0.3, 0.4) is 0 Å². The maximum atomic E-state index is 13.5. The van der Waals surface area contributed by atoms with Gasteiger partial charge in [0.2, 0.25) is 0 Å². The van der Waals surface area contributed by atoms with Crippen molar-refractivity contribution in [2.45, 2.75) is 212 Å². The summed E-state index contributed by atoms with van der Waals surface area (Å²) in [5.74, 6) is 6.80. The number of benzene rings is 3. The van der Waals surface area contributed by atoms with E-state index < -0.39 is 6.17 Å². The lowest BCUT2D eigenvalue weighted by Gasteiger charge is -2.28. The van der Waals surface area contributed by atoms with Crippen LogP contribution in [0.2, 0.25) is 0 Å². The summed E-state index contributed by atoms with van der Waals surface area (Å²) >= 11 is 0. The standard InChI is InChI=1S/C13H20N4.C13H20N2.C13H14.C12H16FN3.C12H18N4.C12H13N.C11H15N3/c1-6-16(5)12-7-10(4)15-13-11(9(2)3)8-14-17(12)13;1-11(2)12-6-7-14-13(10-12)15-8-4-3-5-9-15;1-10(2)12-9-5-7-11-6-3-4-8-13(11)12;1-7(2)10-6-14-16-11(9(4)13)5-8(3)15-12(10)16;1-5-15(4)11-6-7-13-12-10(9(2)3)8-14-16(11)12;1-9(2)11-7-3-5-10-6-4-8-13-12(10)11;1-7(2)10-6-12-14-9(4)5-8(3)13-11(10)14/h7-9H,6H2,1-5H3;6-7,10-11H,3-5,8-9H2,1-2H3;3-10H,1-2H3;5-7,9H,1-4H3;6-9H,5H2,1-4H3;3-9H,1-2H3;5-7H,1-4H3. The van der Waals surface area contributed by atoms with E-state index in [0.717, 1.165) is 81.2 Å². The summed E-state index contributed by atoms with van der Waals surface area (Å²) in [6.07, 6.45) is 16.2. The van der Waals surface area contributed by atoms with Crippen molar-refractivity contribution in [1.29, 1.82) is 0 Å². The highest BCUT2D eigenvalue weighted by molar-refractivity contribution is 5.86. The van der Waals surface area contributed by atoms with Gasteiger partial charge in [0, 0.05) is 115 Å². The van der Waals surface area contributed by atoms with E-state index in [1.165, 1.54) is 94.6 Å². The Kier molecular flexibility index (Phi) is 28.6. The highest BCUT2D eigenvalue weighted by Gasteiger charge is 2.19. The van der Waals surface area contributed by atoms with E-state index in [1.807, 2.05) is 89.7 Å². The Balaban J connectivity index is 0.000000154. The molecule has 11 heterocycles.